The van der Waals surface area contributed by atoms with Crippen LogP contribution in [0.3, 0.4) is 0 Å². The van der Waals surface area contributed by atoms with E-state index in [0.29, 0.717) is 57.5 Å². The van der Waals surface area contributed by atoms with E-state index in [1.165, 1.54) is 12.3 Å². The molecular weight excluding hydrogens is 538 g/mol. The van der Waals surface area contributed by atoms with Gasteiger partial charge in [0, 0.05) is 42.1 Å². The number of hydrogen-bond acceptors (Lipinski definition) is 8. The summed E-state index contributed by atoms with van der Waals surface area (Å²) in [7, 11) is 0. The molecule has 0 saturated carbocycles. The average molecular weight is 558 g/mol. The van der Waals surface area contributed by atoms with E-state index in [-0.39, 0.29) is 30.5 Å². The van der Waals surface area contributed by atoms with E-state index in [4.69, 9.17) is 23.2 Å². The number of halogens is 4. The van der Waals surface area contributed by atoms with Crippen LogP contribution in [-0.2, 0) is 0 Å². The Morgan fingerprint density at radius 3 is 2.40 bits per heavy atom. The summed E-state index contributed by atoms with van der Waals surface area (Å²) in [5, 5.41) is 17.9. The van der Waals surface area contributed by atoms with Crippen LogP contribution in [-0.4, -0.2) is 42.9 Å². The fourth-order valence-electron chi connectivity index (χ4n) is 3.04. The van der Waals surface area contributed by atoms with E-state index in [1.54, 1.807) is 36.7 Å². The van der Waals surface area contributed by atoms with Crippen molar-refractivity contribution in [3.8, 4) is 22.6 Å². The summed E-state index contributed by atoms with van der Waals surface area (Å²) in [6.07, 6.45) is 4.68. The van der Waals surface area contributed by atoms with Crippen molar-refractivity contribution < 1.29 is 4.92 Å². The van der Waals surface area contributed by atoms with Crippen LogP contribution < -0.4 is 10.6 Å². The van der Waals surface area contributed by atoms with Gasteiger partial charge in [0.1, 0.15) is 17.8 Å². The number of pyridine rings is 1. The molecule has 0 atom stereocenters. The van der Waals surface area contributed by atoms with Crippen molar-refractivity contribution in [1.29, 1.82) is 0 Å². The number of nitro groups is 1. The Hall–Kier alpha value is -3.18. The van der Waals surface area contributed by atoms with Gasteiger partial charge in [0.05, 0.1) is 26.9 Å². The molecule has 0 saturated heterocycles. The van der Waals surface area contributed by atoms with Gasteiger partial charge >= 0.3 is 0 Å². The van der Waals surface area contributed by atoms with Crippen LogP contribution in [0.1, 0.15) is 5.69 Å². The normalized spacial score (nSPS) is 10.1. The van der Waals surface area contributed by atoms with Gasteiger partial charge in [-0.25, -0.2) is 19.9 Å². The molecule has 0 aliphatic rings. The monoisotopic (exact) mass is 556 g/mol. The first kappa shape index (κ1) is 28.1. The van der Waals surface area contributed by atoms with E-state index in [1.807, 2.05) is 6.92 Å². The van der Waals surface area contributed by atoms with Crippen molar-refractivity contribution in [1.82, 2.24) is 24.9 Å². The number of imidazole rings is 1. The second kappa shape index (κ2) is 12.5. The first-order valence-electron chi connectivity index (χ1n) is 9.84. The van der Waals surface area contributed by atoms with Crippen molar-refractivity contribution in [2.75, 3.05) is 23.7 Å². The van der Waals surface area contributed by atoms with Gasteiger partial charge in [-0.3, -0.25) is 10.1 Å². The Labute approximate surface area is 222 Å². The Bertz CT molecular complexity index is 1300. The highest BCUT2D eigenvalue weighted by Crippen LogP contribution is 2.35. The molecule has 0 amide bonds. The van der Waals surface area contributed by atoms with Gasteiger partial charge < -0.3 is 15.6 Å². The highest BCUT2D eigenvalue weighted by molar-refractivity contribution is 6.36. The van der Waals surface area contributed by atoms with Crippen LogP contribution >= 0.6 is 48.0 Å². The molecule has 0 fully saturated rings. The molecule has 4 rings (SSSR count). The predicted molar refractivity (Wildman–Crippen MR) is 142 cm³/mol. The van der Waals surface area contributed by atoms with Crippen molar-refractivity contribution in [2.45, 2.75) is 6.92 Å². The Morgan fingerprint density at radius 1 is 1.00 bits per heavy atom. The number of rotatable bonds is 8. The minimum atomic E-state index is -0.492. The summed E-state index contributed by atoms with van der Waals surface area (Å²) in [5.74, 6) is 1.56. The summed E-state index contributed by atoms with van der Waals surface area (Å²) in [4.78, 5) is 30.9. The van der Waals surface area contributed by atoms with Crippen LogP contribution in [0, 0.1) is 17.0 Å². The third-order valence-corrected chi connectivity index (χ3v) is 5.16. The molecule has 3 N–H and O–H groups in total. The van der Waals surface area contributed by atoms with Crippen LogP contribution in [0.25, 0.3) is 22.6 Å². The van der Waals surface area contributed by atoms with E-state index in [0.717, 1.165) is 5.69 Å². The zero-order chi connectivity index (χ0) is 23.4. The molecule has 0 spiro atoms. The van der Waals surface area contributed by atoms with Gasteiger partial charge in [0.15, 0.2) is 0 Å². The number of H-pyrrole nitrogens is 1. The Balaban J connectivity index is 0.00000216. The maximum atomic E-state index is 10.7. The van der Waals surface area contributed by atoms with Crippen molar-refractivity contribution in [3.63, 3.8) is 0 Å². The largest absolute Gasteiger partial charge is 0.368 e. The van der Waals surface area contributed by atoms with Crippen LogP contribution in [0.5, 0.6) is 0 Å². The second-order valence-corrected chi connectivity index (χ2v) is 7.83. The standard InChI is InChI=1S/C21H18Cl2N8O2.2ClH/c1-12-9-27-20(29-12)16-11-28-21(30-19(16)15-4-2-13(22)8-17(15)23)25-7-6-24-18-5-3-14(10-26-18)31(32)33;;/h2-5,8-11H,6-7H2,1H3,(H,24,26)(H,27,29)(H,25,28,30);2*1H. The Morgan fingerprint density at radius 2 is 1.77 bits per heavy atom. The van der Waals surface area contributed by atoms with E-state index < -0.39 is 4.92 Å². The molecule has 0 aliphatic carbocycles. The highest BCUT2D eigenvalue weighted by Gasteiger charge is 2.16. The molecule has 3 aromatic heterocycles. The fourth-order valence-corrected chi connectivity index (χ4v) is 3.54. The quantitative estimate of drug-likeness (QED) is 0.140. The van der Waals surface area contributed by atoms with Crippen LogP contribution in [0.4, 0.5) is 17.5 Å². The number of nitrogens with one attached hydrogen (secondary N) is 3. The van der Waals surface area contributed by atoms with E-state index >= 15 is 0 Å². The van der Waals surface area contributed by atoms with Gasteiger partial charge in [0.25, 0.3) is 5.69 Å². The zero-order valence-electron chi connectivity index (χ0n) is 18.2. The topological polar surface area (TPSA) is 135 Å². The van der Waals surface area contributed by atoms with Gasteiger partial charge in [-0.1, -0.05) is 23.2 Å². The molecule has 184 valence electrons. The summed E-state index contributed by atoms with van der Waals surface area (Å²) < 4.78 is 0. The third-order valence-electron chi connectivity index (χ3n) is 4.61. The summed E-state index contributed by atoms with van der Waals surface area (Å²) in [5.41, 5.74) is 2.78. The van der Waals surface area contributed by atoms with Gasteiger partial charge in [-0.2, -0.15) is 0 Å². The molecule has 1 aromatic carbocycles. The SMILES string of the molecule is Cc1c[nH]c(-c2cnc(NCCNc3ccc([N+](=O)[O-])cn3)nc2-c2ccc(Cl)cc2Cl)n1.Cl.Cl. The first-order chi connectivity index (χ1) is 15.9. The molecule has 0 unspecified atom stereocenters. The molecular formula is C21H20Cl4N8O2. The summed E-state index contributed by atoms with van der Waals surface area (Å²) in [6, 6.07) is 8.15. The predicted octanol–water partition coefficient (Wildman–Crippen LogP) is 5.82. The maximum Gasteiger partial charge on any atom is 0.287 e. The number of aromatic nitrogens is 5. The molecule has 14 heteroatoms. The summed E-state index contributed by atoms with van der Waals surface area (Å²) >= 11 is 12.5. The van der Waals surface area contributed by atoms with Gasteiger partial charge in [-0.05, 0) is 31.2 Å². The minimum Gasteiger partial charge on any atom is -0.368 e. The smallest absolute Gasteiger partial charge is 0.287 e. The number of benzene rings is 1. The first-order valence-corrected chi connectivity index (χ1v) is 10.6. The Kier molecular flexibility index (Phi) is 10.0. The van der Waals surface area contributed by atoms with Crippen molar-refractivity contribution in [3.05, 3.63) is 74.8 Å². The molecule has 3 heterocycles. The third kappa shape index (κ3) is 6.92. The van der Waals surface area contributed by atoms with Gasteiger partial charge in [0.2, 0.25) is 5.95 Å². The lowest BCUT2D eigenvalue weighted by atomic mass is 10.1. The molecule has 0 bridgehead atoms. The fraction of sp³-hybridized carbons (Fsp3) is 0.143. The van der Waals surface area contributed by atoms with Crippen molar-refractivity contribution in [2.24, 2.45) is 0 Å². The van der Waals surface area contributed by atoms with Gasteiger partial charge in [-0.15, -0.1) is 24.8 Å². The molecule has 10 nitrogen and oxygen atoms in total. The lowest BCUT2D eigenvalue weighted by Gasteiger charge is -2.12. The lowest BCUT2D eigenvalue weighted by molar-refractivity contribution is -0.385. The number of anilines is 2. The lowest BCUT2D eigenvalue weighted by Crippen LogP contribution is -2.16. The van der Waals surface area contributed by atoms with Crippen LogP contribution in [0.15, 0.2) is 48.9 Å². The second-order valence-electron chi connectivity index (χ2n) is 6.98. The average Bonchev–Trinajstić information content (AvgIpc) is 3.23. The van der Waals surface area contributed by atoms with E-state index in [2.05, 4.69) is 35.6 Å². The van der Waals surface area contributed by atoms with E-state index in [9.17, 15) is 10.1 Å². The number of aryl methyl sites for hydroxylation is 1. The van der Waals surface area contributed by atoms with Crippen molar-refractivity contribution >= 4 is 65.5 Å². The molecule has 4 aromatic rings. The molecule has 35 heavy (non-hydrogen) atoms. The minimum absolute atomic E-state index is 0. The molecule has 0 radical (unpaired) electrons. The summed E-state index contributed by atoms with van der Waals surface area (Å²) in [6.45, 7) is 2.86. The highest BCUT2D eigenvalue weighted by atomic mass is 35.5. The van der Waals surface area contributed by atoms with Crippen LogP contribution in [0.2, 0.25) is 10.0 Å². The zero-order valence-corrected chi connectivity index (χ0v) is 21.3. The number of hydrogen-bond donors (Lipinski definition) is 3. The molecule has 0 aliphatic heterocycles. The number of nitrogens with zero attached hydrogens (tertiary/aromatic N) is 5. The number of aromatic amines is 1. The maximum absolute atomic E-state index is 10.7.